The summed E-state index contributed by atoms with van der Waals surface area (Å²) in [5.74, 6) is 1.39. The van der Waals surface area contributed by atoms with Gasteiger partial charge in [-0.25, -0.2) is 0 Å². The normalized spacial score (nSPS) is 15.9. The number of carbonyl (C=O) groups is 4. The summed E-state index contributed by atoms with van der Waals surface area (Å²) in [5.41, 5.74) is 5.84. The van der Waals surface area contributed by atoms with Crippen molar-refractivity contribution in [2.75, 3.05) is 0 Å². The second-order valence-electron chi connectivity index (χ2n) is 11.5. The molecule has 1 aliphatic carbocycles. The van der Waals surface area contributed by atoms with Gasteiger partial charge < -0.3 is 4.79 Å². The first-order valence-corrected chi connectivity index (χ1v) is 15.0. The van der Waals surface area contributed by atoms with Crippen LogP contribution in [0.25, 0.3) is 0 Å². The summed E-state index contributed by atoms with van der Waals surface area (Å²) in [5, 5.41) is 0. The molecule has 0 aromatic heterocycles. The van der Waals surface area contributed by atoms with Crippen LogP contribution in [0.4, 0.5) is 0 Å². The third kappa shape index (κ3) is 11.3. The van der Waals surface area contributed by atoms with Crippen LogP contribution in [0.5, 0.6) is 0 Å². The Hall–Kier alpha value is -2.10. The van der Waals surface area contributed by atoms with Crippen molar-refractivity contribution in [3.8, 4) is 0 Å². The Morgan fingerprint density at radius 2 is 1.50 bits per heavy atom. The second-order valence-corrected chi connectivity index (χ2v) is 11.5. The zero-order valence-electron chi connectivity index (χ0n) is 26.4. The van der Waals surface area contributed by atoms with E-state index in [1.807, 2.05) is 6.92 Å². The van der Waals surface area contributed by atoms with E-state index in [4.69, 9.17) is 0 Å². The first kappa shape index (κ1) is 35.9. The van der Waals surface area contributed by atoms with Gasteiger partial charge in [-0.15, -0.1) is 0 Å². The maximum Gasteiger partial charge on any atom is 0.163 e. The van der Waals surface area contributed by atoms with E-state index in [9.17, 15) is 19.2 Å². The lowest BCUT2D eigenvalue weighted by Gasteiger charge is -2.33. The Kier molecular flexibility index (Phi) is 17.2. The van der Waals surface area contributed by atoms with Gasteiger partial charge in [0.15, 0.2) is 5.78 Å². The molecule has 4 nitrogen and oxygen atoms in total. The highest BCUT2D eigenvalue weighted by Gasteiger charge is 2.34. The molecular formula is C34H56O4. The molecule has 0 saturated heterocycles. The Morgan fingerprint density at radius 3 is 1.92 bits per heavy atom. The number of hydrogen-bond donors (Lipinski definition) is 0. The molecule has 0 saturated carbocycles. The van der Waals surface area contributed by atoms with Crippen molar-refractivity contribution in [3.63, 3.8) is 0 Å². The molecule has 0 spiro atoms. The van der Waals surface area contributed by atoms with Crippen LogP contribution in [-0.4, -0.2) is 23.1 Å². The highest BCUT2D eigenvalue weighted by Crippen LogP contribution is 2.39. The molecular weight excluding hydrogens is 472 g/mol. The summed E-state index contributed by atoms with van der Waals surface area (Å²) in [6, 6.07) is 2.27. The lowest BCUT2D eigenvalue weighted by molar-refractivity contribution is -0.130. The summed E-state index contributed by atoms with van der Waals surface area (Å²) in [6.45, 7) is 22.0. The van der Waals surface area contributed by atoms with Crippen molar-refractivity contribution in [1.29, 1.82) is 0 Å². The zero-order chi connectivity index (χ0) is 29.6. The van der Waals surface area contributed by atoms with E-state index in [2.05, 4.69) is 61.5 Å². The van der Waals surface area contributed by atoms with Crippen LogP contribution in [-0.2, 0) is 20.8 Å². The molecule has 38 heavy (non-hydrogen) atoms. The fourth-order valence-corrected chi connectivity index (χ4v) is 5.48. The first-order chi connectivity index (χ1) is 17.8. The van der Waals surface area contributed by atoms with Crippen molar-refractivity contribution in [3.05, 3.63) is 33.9 Å². The summed E-state index contributed by atoms with van der Waals surface area (Å²) in [6.07, 6.45) is 7.11. The van der Waals surface area contributed by atoms with Crippen LogP contribution in [0.2, 0.25) is 0 Å². The van der Waals surface area contributed by atoms with Gasteiger partial charge >= 0.3 is 0 Å². The average Bonchev–Trinajstić information content (AvgIpc) is 2.82. The summed E-state index contributed by atoms with van der Waals surface area (Å²) >= 11 is 0. The minimum atomic E-state index is -0.0744. The molecule has 0 fully saturated rings. The Bertz CT molecular complexity index is 925. The molecule has 0 radical (unpaired) electrons. The molecule has 3 atom stereocenters. The zero-order valence-corrected chi connectivity index (χ0v) is 26.4. The minimum Gasteiger partial charge on any atom is -0.300 e. The van der Waals surface area contributed by atoms with Crippen LogP contribution in [0.3, 0.4) is 0 Å². The lowest BCUT2D eigenvalue weighted by Crippen LogP contribution is -2.30. The van der Waals surface area contributed by atoms with Crippen molar-refractivity contribution in [1.82, 2.24) is 0 Å². The first-order valence-electron chi connectivity index (χ1n) is 15.0. The minimum absolute atomic E-state index is 0.0428. The number of ketones is 4. The number of carbonyl (C=O) groups excluding carboxylic acids is 4. The number of fused-ring (bicyclic) bond motifs is 1. The van der Waals surface area contributed by atoms with Crippen LogP contribution in [0, 0.1) is 31.6 Å². The fourth-order valence-electron chi connectivity index (χ4n) is 5.48. The van der Waals surface area contributed by atoms with Gasteiger partial charge in [0, 0.05) is 24.3 Å². The molecule has 0 heterocycles. The van der Waals surface area contributed by atoms with E-state index >= 15 is 0 Å². The van der Waals surface area contributed by atoms with Crippen molar-refractivity contribution in [2.24, 2.45) is 17.8 Å². The van der Waals surface area contributed by atoms with Gasteiger partial charge in [-0.1, -0.05) is 73.8 Å². The maximum absolute atomic E-state index is 13.2. The van der Waals surface area contributed by atoms with Crippen LogP contribution < -0.4 is 0 Å². The maximum atomic E-state index is 13.2. The van der Waals surface area contributed by atoms with Gasteiger partial charge in [-0.3, -0.25) is 14.4 Å². The Morgan fingerprint density at radius 1 is 0.947 bits per heavy atom. The Labute approximate surface area is 233 Å². The van der Waals surface area contributed by atoms with E-state index in [0.29, 0.717) is 18.8 Å². The van der Waals surface area contributed by atoms with E-state index in [1.165, 1.54) is 30.0 Å². The number of Topliss-reactive ketones (excluding diaryl/α,β-unsaturated/α-hetero) is 4. The molecule has 3 unspecified atom stereocenters. The largest absolute Gasteiger partial charge is 0.300 e. The molecule has 0 bridgehead atoms. The summed E-state index contributed by atoms with van der Waals surface area (Å²) in [7, 11) is 0. The monoisotopic (exact) mass is 528 g/mol. The van der Waals surface area contributed by atoms with Gasteiger partial charge in [0.2, 0.25) is 0 Å². The predicted octanol–water partition coefficient (Wildman–Crippen LogP) is 8.95. The highest BCUT2D eigenvalue weighted by molar-refractivity contribution is 6.01. The van der Waals surface area contributed by atoms with E-state index in [-0.39, 0.29) is 47.3 Å². The van der Waals surface area contributed by atoms with Crippen molar-refractivity contribution >= 4 is 23.1 Å². The van der Waals surface area contributed by atoms with Gasteiger partial charge in [-0.05, 0) is 87.0 Å². The smallest absolute Gasteiger partial charge is 0.163 e. The van der Waals surface area contributed by atoms with E-state index in [0.717, 1.165) is 43.2 Å². The van der Waals surface area contributed by atoms with E-state index in [1.54, 1.807) is 6.92 Å². The van der Waals surface area contributed by atoms with Crippen LogP contribution in [0.1, 0.15) is 152 Å². The molecule has 1 aliphatic rings. The third-order valence-corrected chi connectivity index (χ3v) is 7.50. The molecule has 2 rings (SSSR count). The standard InChI is InChI=1S/C27H40O3.C4H8O.C3H8/c1-8-10-21(22(9-2)25(29)12-18(6)28)13-20-14-24-23(16(3)4)11-17(5)19(7)27(24)26(30)15-20;1-3-4(2)5;1-3-2/h11,16,20-22H,8-10,12-15H2,1-7H3;3H2,1-2H3;3H2,1-2H3. The topological polar surface area (TPSA) is 68.3 Å². The van der Waals surface area contributed by atoms with Crippen molar-refractivity contribution < 1.29 is 19.2 Å². The second kappa shape index (κ2) is 18.2. The van der Waals surface area contributed by atoms with Gasteiger partial charge in [-0.2, -0.15) is 0 Å². The van der Waals surface area contributed by atoms with Crippen LogP contribution >= 0.6 is 0 Å². The molecule has 0 N–H and O–H groups in total. The van der Waals surface area contributed by atoms with Crippen LogP contribution in [0.15, 0.2) is 6.07 Å². The van der Waals surface area contributed by atoms with Gasteiger partial charge in [0.25, 0.3) is 0 Å². The number of aryl methyl sites for hydroxylation is 1. The summed E-state index contributed by atoms with van der Waals surface area (Å²) < 4.78 is 0. The molecule has 216 valence electrons. The highest BCUT2D eigenvalue weighted by atomic mass is 16.1. The van der Waals surface area contributed by atoms with Gasteiger partial charge in [0.05, 0.1) is 6.42 Å². The molecule has 0 amide bonds. The molecule has 0 aliphatic heterocycles. The predicted molar refractivity (Wildman–Crippen MR) is 160 cm³/mol. The summed E-state index contributed by atoms with van der Waals surface area (Å²) in [4.78, 5) is 47.3. The van der Waals surface area contributed by atoms with Gasteiger partial charge in [0.1, 0.15) is 17.3 Å². The molecule has 1 aromatic rings. The van der Waals surface area contributed by atoms with Crippen molar-refractivity contribution in [2.45, 2.75) is 140 Å². The average molecular weight is 529 g/mol. The number of benzene rings is 1. The lowest BCUT2D eigenvalue weighted by atomic mass is 9.70. The van der Waals surface area contributed by atoms with E-state index < -0.39 is 0 Å². The quantitative estimate of drug-likeness (QED) is 0.269. The fraction of sp³-hybridized carbons (Fsp3) is 0.706. The SMILES string of the molecule is CCC.CCC(C)=O.CCCC(CC1CC(=O)c2c(C)c(C)cc(C(C)C)c2C1)C(CC)C(=O)CC(C)=O. The Balaban J connectivity index is 0.00000150. The number of hydrogen-bond acceptors (Lipinski definition) is 4. The molecule has 4 heteroatoms. The third-order valence-electron chi connectivity index (χ3n) is 7.50. The molecule has 1 aromatic carbocycles. The number of rotatable bonds is 11.